The number of carbonyl (C=O) groups excluding carboxylic acids is 1. The third kappa shape index (κ3) is 8.88. The summed E-state index contributed by atoms with van der Waals surface area (Å²) in [7, 11) is 1.34. The van der Waals surface area contributed by atoms with Crippen molar-refractivity contribution in [1.29, 1.82) is 0 Å². The zero-order valence-corrected chi connectivity index (χ0v) is 33.9. The van der Waals surface area contributed by atoms with E-state index in [4.69, 9.17) is 28.9 Å². The van der Waals surface area contributed by atoms with Gasteiger partial charge in [-0.25, -0.2) is 9.18 Å². The van der Waals surface area contributed by atoms with Crippen molar-refractivity contribution in [3.05, 3.63) is 126 Å². The van der Waals surface area contributed by atoms with E-state index in [-0.39, 0.29) is 56.4 Å². The molecule has 0 saturated heterocycles. The first-order valence-electron chi connectivity index (χ1n) is 20.8. The Kier molecular flexibility index (Phi) is 13.7. The van der Waals surface area contributed by atoms with E-state index in [1.807, 2.05) is 49.4 Å². The Morgan fingerprint density at radius 2 is 1.69 bits per heavy atom. The number of aliphatic hydroxyl groups is 2. The van der Waals surface area contributed by atoms with Gasteiger partial charge in [0, 0.05) is 37.7 Å². The fourth-order valence-electron chi connectivity index (χ4n) is 9.43. The molecule has 2 aliphatic carbocycles. The molecule has 0 spiro atoms. The quantitative estimate of drug-likeness (QED) is 0.0580. The second kappa shape index (κ2) is 19.2. The van der Waals surface area contributed by atoms with E-state index in [0.717, 1.165) is 47.6 Å². The number of halogens is 1. The normalized spacial score (nSPS) is 23.7. The number of hydrogen-bond donors (Lipinski definition) is 2. The van der Waals surface area contributed by atoms with E-state index < -0.39 is 23.8 Å². The van der Waals surface area contributed by atoms with Crippen LogP contribution in [0.2, 0.25) is 0 Å². The first-order valence-corrected chi connectivity index (χ1v) is 20.8. The van der Waals surface area contributed by atoms with Gasteiger partial charge in [-0.15, -0.1) is 6.58 Å². The van der Waals surface area contributed by atoms with Crippen molar-refractivity contribution in [3.63, 3.8) is 0 Å². The molecule has 0 aromatic heterocycles. The summed E-state index contributed by atoms with van der Waals surface area (Å²) in [5, 5.41) is 26.7. The van der Waals surface area contributed by atoms with Crippen LogP contribution in [-0.4, -0.2) is 72.3 Å². The van der Waals surface area contributed by atoms with Gasteiger partial charge >= 0.3 is 6.09 Å². The van der Waals surface area contributed by atoms with Gasteiger partial charge in [0.05, 0.1) is 25.3 Å². The van der Waals surface area contributed by atoms with E-state index in [1.165, 1.54) is 19.2 Å². The number of benzene rings is 4. The van der Waals surface area contributed by atoms with Crippen molar-refractivity contribution in [1.82, 2.24) is 4.90 Å². The number of ether oxygens (including phenoxy) is 4. The molecule has 1 heterocycles. The average molecular weight is 807 g/mol. The monoisotopic (exact) mass is 806 g/mol. The third-order valence-corrected chi connectivity index (χ3v) is 12.0. The zero-order chi connectivity index (χ0) is 41.4. The Hall–Kier alpha value is -5.23. The summed E-state index contributed by atoms with van der Waals surface area (Å²) in [6.45, 7) is 6.58. The highest BCUT2D eigenvalue weighted by Gasteiger charge is 2.65. The molecule has 0 radical (unpaired) electrons. The molecule has 10 nitrogen and oxygen atoms in total. The van der Waals surface area contributed by atoms with E-state index in [1.54, 1.807) is 23.1 Å². The number of oxime groups is 1. The van der Waals surface area contributed by atoms with Gasteiger partial charge in [-0.05, 0) is 109 Å². The lowest BCUT2D eigenvalue weighted by Crippen LogP contribution is -2.70. The topological polar surface area (TPSA) is 119 Å². The average Bonchev–Trinajstić information content (AvgIpc) is 3.25. The molecule has 4 aromatic rings. The summed E-state index contributed by atoms with van der Waals surface area (Å²) in [6.07, 6.45) is 8.12. The van der Waals surface area contributed by atoms with Crippen molar-refractivity contribution in [2.24, 2.45) is 22.9 Å². The van der Waals surface area contributed by atoms with Crippen LogP contribution < -0.4 is 9.47 Å². The zero-order valence-electron chi connectivity index (χ0n) is 33.9. The van der Waals surface area contributed by atoms with Crippen molar-refractivity contribution >= 4 is 22.6 Å². The van der Waals surface area contributed by atoms with Gasteiger partial charge in [0.25, 0.3) is 0 Å². The molecule has 11 heteroatoms. The highest BCUT2D eigenvalue weighted by Crippen LogP contribution is 2.62. The molecule has 1 aliphatic heterocycles. The molecule has 1 amide bonds. The first-order chi connectivity index (χ1) is 28.8. The van der Waals surface area contributed by atoms with Crippen molar-refractivity contribution in [3.8, 4) is 17.2 Å². The van der Waals surface area contributed by atoms with Gasteiger partial charge in [0.15, 0.2) is 0 Å². The van der Waals surface area contributed by atoms with Gasteiger partial charge in [-0.2, -0.15) is 0 Å². The number of allylic oxidation sites excluding steroid dienone is 1. The molecule has 4 aromatic carbocycles. The maximum Gasteiger partial charge on any atom is 0.410 e. The molecular weight excluding hydrogens is 752 g/mol. The fourth-order valence-corrected chi connectivity index (χ4v) is 9.43. The number of unbranched alkanes of at least 4 members (excludes halogenated alkanes) is 2. The summed E-state index contributed by atoms with van der Waals surface area (Å²) < 4.78 is 40.5. The summed E-state index contributed by atoms with van der Waals surface area (Å²) in [4.78, 5) is 21.5. The lowest BCUT2D eigenvalue weighted by Gasteiger charge is -2.59. The molecule has 0 unspecified atom stereocenters. The van der Waals surface area contributed by atoms with Crippen molar-refractivity contribution < 1.29 is 43.2 Å². The van der Waals surface area contributed by atoms with Crippen LogP contribution in [0.25, 0.3) is 10.8 Å². The third-order valence-electron chi connectivity index (χ3n) is 12.0. The van der Waals surface area contributed by atoms with Crippen molar-refractivity contribution in [2.75, 3.05) is 33.5 Å². The van der Waals surface area contributed by atoms with Crippen LogP contribution in [0.5, 0.6) is 17.2 Å². The highest BCUT2D eigenvalue weighted by molar-refractivity contribution is 6.03. The molecule has 312 valence electrons. The van der Waals surface area contributed by atoms with E-state index in [2.05, 4.69) is 30.9 Å². The van der Waals surface area contributed by atoms with Crippen LogP contribution in [0, 0.1) is 23.6 Å². The summed E-state index contributed by atoms with van der Waals surface area (Å²) in [6, 6.07) is 25.3. The molecular formula is C48H55FN2O8. The largest absolute Gasteiger partial charge is 0.459 e. The smallest absolute Gasteiger partial charge is 0.410 e. The maximum absolute atomic E-state index is 14.1. The standard InChI is InChI=1S/C48H55FN2O8/c1-4-26-56-48-44(51(47(54)55-3)31-32-16-19-36(49)20-17-32)30-42(50-57-5-2)40-28-35(14-8-10-24-52)39(15-9-11-25-53)45(46(40)48)41-29-38(22-23-43(41)59-48)58-37-21-18-33-12-6-7-13-34(33)27-37/h4,6-7,12-13,16-23,27-29,35,39,44-46,52-53H,1,5,8-11,14-15,24-26,30-31H2,2-3H3/t35-,39+,44-,45+,46+,48+/m0/s1. The second-order valence-electron chi connectivity index (χ2n) is 15.5. The number of nitrogens with zero attached hydrogens (tertiary/aromatic N) is 2. The number of aliphatic hydroxyl groups excluding tert-OH is 2. The second-order valence-corrected chi connectivity index (χ2v) is 15.5. The first kappa shape index (κ1) is 41.9. The number of hydrogen-bond acceptors (Lipinski definition) is 9. The lowest BCUT2D eigenvalue weighted by atomic mass is 9.55. The maximum atomic E-state index is 14.1. The highest BCUT2D eigenvalue weighted by atomic mass is 19.1. The van der Waals surface area contributed by atoms with Gasteiger partial charge in [-0.1, -0.05) is 72.6 Å². The minimum Gasteiger partial charge on any atom is -0.459 e. The predicted octanol–water partition coefficient (Wildman–Crippen LogP) is 9.69. The van der Waals surface area contributed by atoms with E-state index >= 15 is 0 Å². The van der Waals surface area contributed by atoms with Gasteiger partial charge in [0.1, 0.15) is 35.7 Å². The molecule has 7 rings (SSSR count). The predicted molar refractivity (Wildman–Crippen MR) is 225 cm³/mol. The Morgan fingerprint density at radius 3 is 2.42 bits per heavy atom. The number of amides is 1. The molecule has 1 saturated carbocycles. The summed E-state index contributed by atoms with van der Waals surface area (Å²) in [5.41, 5.74) is 3.24. The van der Waals surface area contributed by atoms with Gasteiger partial charge in [0.2, 0.25) is 5.79 Å². The van der Waals surface area contributed by atoms with Crippen LogP contribution in [0.15, 0.2) is 114 Å². The van der Waals surface area contributed by atoms with E-state index in [9.17, 15) is 19.4 Å². The lowest BCUT2D eigenvalue weighted by molar-refractivity contribution is -0.256. The number of carbonyl (C=O) groups is 1. The van der Waals surface area contributed by atoms with Crippen LogP contribution >= 0.6 is 0 Å². The molecule has 59 heavy (non-hydrogen) atoms. The van der Waals surface area contributed by atoms with E-state index in [0.29, 0.717) is 48.0 Å². The fraction of sp³-hybridized carbons (Fsp3) is 0.417. The Labute approximate surface area is 345 Å². The van der Waals surface area contributed by atoms with Crippen LogP contribution in [0.4, 0.5) is 9.18 Å². The Balaban J connectivity index is 1.43. The summed E-state index contributed by atoms with van der Waals surface area (Å²) >= 11 is 0. The molecule has 3 aliphatic rings. The van der Waals surface area contributed by atoms with Crippen LogP contribution in [0.3, 0.4) is 0 Å². The van der Waals surface area contributed by atoms with Crippen molar-refractivity contribution in [2.45, 2.75) is 76.2 Å². The minimum absolute atomic E-state index is 0.0371. The Morgan fingerprint density at radius 1 is 0.966 bits per heavy atom. The number of methoxy groups -OCH3 is 1. The Bertz CT molecular complexity index is 2140. The molecule has 2 N–H and O–H groups in total. The van der Waals surface area contributed by atoms with Crippen LogP contribution in [-0.2, 0) is 20.9 Å². The number of rotatable bonds is 18. The molecule has 6 atom stereocenters. The minimum atomic E-state index is -1.47. The summed E-state index contributed by atoms with van der Waals surface area (Å²) in [5.74, 6) is -0.531. The van der Waals surface area contributed by atoms with Gasteiger partial charge < -0.3 is 34.0 Å². The van der Waals surface area contributed by atoms with Crippen LogP contribution in [0.1, 0.15) is 68.9 Å². The molecule has 0 bridgehead atoms. The number of fused-ring (bicyclic) bond motifs is 3. The molecule has 1 fully saturated rings. The SMILES string of the molecule is C=CCO[C@@]12Oc3ccc(Oc4ccc5ccccc5c4)cc3[C@H]3[C@H](CCCCO)[C@@H](CCCCO)C=C(C(=NOCC)C[C@@H]1N(Cc1ccc(F)cc1)C(=O)OC)[C@H]32. The van der Waals surface area contributed by atoms with Gasteiger partial charge in [-0.3, -0.25) is 4.90 Å².